The molecule has 2 N–H and O–H groups in total. The molecule has 0 radical (unpaired) electrons. The lowest BCUT2D eigenvalue weighted by Gasteiger charge is -2.16. The number of rotatable bonds is 11. The largest absolute Gasteiger partial charge is 0.493 e. The minimum atomic E-state index is -0.183. The minimum Gasteiger partial charge on any atom is -0.493 e. The molecule has 3 aromatic carbocycles. The molecule has 1 aromatic heterocycles. The number of nitriles is 1. The summed E-state index contributed by atoms with van der Waals surface area (Å²) in [5.41, 5.74) is 4.56. The summed E-state index contributed by atoms with van der Waals surface area (Å²) in [5.74, 6) is 1.42. The fourth-order valence-electron chi connectivity index (χ4n) is 4.26. The van der Waals surface area contributed by atoms with Gasteiger partial charge in [-0.1, -0.05) is 30.3 Å². The van der Waals surface area contributed by atoms with Crippen LogP contribution in [0, 0.1) is 11.3 Å². The average Bonchev–Trinajstić information content (AvgIpc) is 3.01. The van der Waals surface area contributed by atoms with Gasteiger partial charge >= 0.3 is 0 Å². The maximum Gasteiger partial charge on any atom is 0.225 e. The fraction of sp³-hybridized carbons (Fsp3) is 0.188. The molecule has 0 unspecified atom stereocenters. The second-order valence-corrected chi connectivity index (χ2v) is 10.1. The molecule has 0 saturated heterocycles. The number of aromatic nitrogens is 1. The first-order chi connectivity index (χ1) is 20.4. The van der Waals surface area contributed by atoms with Gasteiger partial charge in [0, 0.05) is 41.6 Å². The molecule has 10 heteroatoms. The molecular formula is C32H30N4O5S. The molecule has 0 fully saturated rings. The Bertz CT molecular complexity index is 1590. The van der Waals surface area contributed by atoms with Crippen molar-refractivity contribution in [3.8, 4) is 45.7 Å². The second kappa shape index (κ2) is 14.1. The van der Waals surface area contributed by atoms with Crippen molar-refractivity contribution in [2.45, 2.75) is 18.4 Å². The summed E-state index contributed by atoms with van der Waals surface area (Å²) in [7, 11) is 4.61. The lowest BCUT2D eigenvalue weighted by Crippen LogP contribution is -2.12. The number of carbonyl (C=O) groups excluding carboxylic acids is 2. The van der Waals surface area contributed by atoms with E-state index in [9.17, 15) is 14.9 Å². The van der Waals surface area contributed by atoms with Crippen LogP contribution in [0.3, 0.4) is 0 Å². The van der Waals surface area contributed by atoms with Crippen LogP contribution in [-0.2, 0) is 9.59 Å². The average molecular weight is 583 g/mol. The molecule has 0 saturated carbocycles. The quantitative estimate of drug-likeness (QED) is 0.195. The number of ether oxygens (including phenoxy) is 3. The van der Waals surface area contributed by atoms with Crippen LogP contribution in [0.25, 0.3) is 22.4 Å². The molecule has 0 aliphatic rings. The first kappa shape index (κ1) is 30.0. The third-order valence-corrected chi connectivity index (χ3v) is 7.18. The topological polar surface area (TPSA) is 123 Å². The van der Waals surface area contributed by atoms with Crippen LogP contribution >= 0.6 is 11.8 Å². The summed E-state index contributed by atoms with van der Waals surface area (Å²) in [6.45, 7) is 1.43. The fourth-order valence-corrected chi connectivity index (χ4v) is 5.20. The van der Waals surface area contributed by atoms with Crippen molar-refractivity contribution in [1.82, 2.24) is 4.98 Å². The Balaban J connectivity index is 1.62. The van der Waals surface area contributed by atoms with E-state index >= 15 is 0 Å². The highest BCUT2D eigenvalue weighted by Gasteiger charge is 2.20. The summed E-state index contributed by atoms with van der Waals surface area (Å²) in [5, 5.41) is 16.3. The van der Waals surface area contributed by atoms with E-state index in [4.69, 9.17) is 19.2 Å². The molecule has 4 aromatic rings. The highest BCUT2D eigenvalue weighted by Crippen LogP contribution is 2.43. The number of methoxy groups -OCH3 is 3. The van der Waals surface area contributed by atoms with Gasteiger partial charge in [-0.3, -0.25) is 9.59 Å². The van der Waals surface area contributed by atoms with Crippen LogP contribution in [0.2, 0.25) is 0 Å². The molecule has 2 amide bonds. The van der Waals surface area contributed by atoms with Gasteiger partial charge in [0.15, 0.2) is 11.5 Å². The van der Waals surface area contributed by atoms with Crippen LogP contribution in [0.15, 0.2) is 77.8 Å². The molecular weight excluding hydrogens is 552 g/mol. The van der Waals surface area contributed by atoms with E-state index in [1.165, 1.54) is 40.0 Å². The molecule has 9 nitrogen and oxygen atoms in total. The molecule has 0 spiro atoms. The van der Waals surface area contributed by atoms with Gasteiger partial charge < -0.3 is 24.8 Å². The van der Waals surface area contributed by atoms with Gasteiger partial charge in [-0.05, 0) is 48.0 Å². The first-order valence-electron chi connectivity index (χ1n) is 13.0. The summed E-state index contributed by atoms with van der Waals surface area (Å²) in [4.78, 5) is 28.7. The van der Waals surface area contributed by atoms with E-state index < -0.39 is 0 Å². The molecule has 0 bridgehead atoms. The lowest BCUT2D eigenvalue weighted by atomic mass is 9.98. The van der Waals surface area contributed by atoms with E-state index in [1.807, 2.05) is 36.4 Å². The summed E-state index contributed by atoms with van der Waals surface area (Å²) < 4.78 is 16.6. The zero-order valence-corrected chi connectivity index (χ0v) is 24.5. The highest BCUT2D eigenvalue weighted by atomic mass is 32.2. The van der Waals surface area contributed by atoms with Crippen molar-refractivity contribution >= 4 is 35.0 Å². The highest BCUT2D eigenvalue weighted by molar-refractivity contribution is 7.99. The van der Waals surface area contributed by atoms with Crippen LogP contribution in [-0.4, -0.2) is 43.9 Å². The number of benzene rings is 3. The molecule has 214 valence electrons. The van der Waals surface area contributed by atoms with E-state index in [1.54, 1.807) is 36.4 Å². The Kier molecular flexibility index (Phi) is 10.0. The number of anilines is 2. The summed E-state index contributed by atoms with van der Waals surface area (Å²) in [6, 6.07) is 24.3. The van der Waals surface area contributed by atoms with Crippen LogP contribution in [0.1, 0.15) is 18.9 Å². The Morgan fingerprint density at radius 3 is 2.02 bits per heavy atom. The number of amides is 2. The molecule has 4 rings (SSSR count). The smallest absolute Gasteiger partial charge is 0.225 e. The summed E-state index contributed by atoms with van der Waals surface area (Å²) >= 11 is 1.34. The number of thioether (sulfide) groups is 1. The van der Waals surface area contributed by atoms with Gasteiger partial charge in [0.05, 0.1) is 32.6 Å². The molecule has 0 atom stereocenters. The lowest BCUT2D eigenvalue weighted by molar-refractivity contribution is -0.116. The number of hydrogen-bond acceptors (Lipinski definition) is 8. The zero-order chi connectivity index (χ0) is 30.1. The third-order valence-electron chi connectivity index (χ3n) is 6.20. The van der Waals surface area contributed by atoms with E-state index in [0.29, 0.717) is 61.8 Å². The van der Waals surface area contributed by atoms with E-state index in [2.05, 4.69) is 16.7 Å². The van der Waals surface area contributed by atoms with E-state index in [-0.39, 0.29) is 18.2 Å². The number of nitrogens with zero attached hydrogens (tertiary/aromatic N) is 2. The van der Waals surface area contributed by atoms with Crippen LogP contribution in [0.4, 0.5) is 11.4 Å². The van der Waals surface area contributed by atoms with Gasteiger partial charge in [0.1, 0.15) is 11.1 Å². The third kappa shape index (κ3) is 7.19. The van der Waals surface area contributed by atoms with Gasteiger partial charge in [-0.25, -0.2) is 4.98 Å². The number of hydrogen-bond donors (Lipinski definition) is 2. The van der Waals surface area contributed by atoms with Crippen molar-refractivity contribution in [2.75, 3.05) is 37.7 Å². The Hall–Kier alpha value is -5.01. The SMILES string of the molecule is COc1cc(-c2cc(-c3ccccc3)nc(SCCC(=O)Nc3ccc(NC(C)=O)cc3)c2C#N)cc(OC)c1OC. The Labute approximate surface area is 248 Å². The monoisotopic (exact) mass is 582 g/mol. The molecule has 1 heterocycles. The van der Waals surface area contributed by atoms with E-state index in [0.717, 1.165) is 5.56 Å². The maximum absolute atomic E-state index is 12.7. The predicted molar refractivity (Wildman–Crippen MR) is 164 cm³/mol. The normalized spacial score (nSPS) is 10.4. The second-order valence-electron chi connectivity index (χ2n) is 9.03. The number of nitrogens with one attached hydrogen (secondary N) is 2. The Morgan fingerprint density at radius 1 is 0.857 bits per heavy atom. The maximum atomic E-state index is 12.7. The van der Waals surface area contributed by atoms with Crippen molar-refractivity contribution in [2.24, 2.45) is 0 Å². The van der Waals surface area contributed by atoms with Crippen molar-refractivity contribution in [3.05, 3.63) is 78.4 Å². The first-order valence-corrected chi connectivity index (χ1v) is 14.0. The van der Waals surface area contributed by atoms with Gasteiger partial charge in [0.2, 0.25) is 17.6 Å². The van der Waals surface area contributed by atoms with Crippen LogP contribution < -0.4 is 24.8 Å². The Morgan fingerprint density at radius 2 is 1.48 bits per heavy atom. The van der Waals surface area contributed by atoms with Crippen LogP contribution in [0.5, 0.6) is 17.2 Å². The van der Waals surface area contributed by atoms with Crippen molar-refractivity contribution in [3.63, 3.8) is 0 Å². The molecule has 0 aliphatic heterocycles. The number of carbonyl (C=O) groups is 2. The zero-order valence-electron chi connectivity index (χ0n) is 23.7. The standard InChI is InChI=1S/C32H30N4O5S/c1-20(37)34-23-10-12-24(13-11-23)35-30(38)14-15-42-32-26(19-33)25(18-27(36-32)21-8-6-5-7-9-21)22-16-28(39-2)31(41-4)29(17-22)40-3/h5-13,16-18H,14-15H2,1-4H3,(H,34,37)(H,35,38). The number of pyridine rings is 1. The van der Waals surface area contributed by atoms with Crippen molar-refractivity contribution in [1.29, 1.82) is 5.26 Å². The van der Waals surface area contributed by atoms with Gasteiger partial charge in [0.25, 0.3) is 0 Å². The van der Waals surface area contributed by atoms with Crippen molar-refractivity contribution < 1.29 is 23.8 Å². The van der Waals surface area contributed by atoms with Gasteiger partial charge in [-0.15, -0.1) is 11.8 Å². The van der Waals surface area contributed by atoms with Gasteiger partial charge in [-0.2, -0.15) is 5.26 Å². The molecule has 42 heavy (non-hydrogen) atoms. The predicted octanol–water partition coefficient (Wildman–Crippen LogP) is 6.39. The summed E-state index contributed by atoms with van der Waals surface area (Å²) in [6.07, 6.45) is 0.194. The minimum absolute atomic E-state index is 0.168. The molecule has 0 aliphatic carbocycles.